The average molecular weight is 130 g/mol. The Bertz CT molecular complexity index is 131. The summed E-state index contributed by atoms with van der Waals surface area (Å²) in [6.45, 7) is 2.14. The summed E-state index contributed by atoms with van der Waals surface area (Å²) in [6, 6.07) is 0. The summed E-state index contributed by atoms with van der Waals surface area (Å²) in [6.07, 6.45) is 5.49. The number of rotatable bonds is 0. The monoisotopic (exact) mass is 130 g/mol. The first-order valence-corrected chi connectivity index (χ1v) is 3.06. The van der Waals surface area contributed by atoms with E-state index in [9.17, 15) is 0 Å². The Balaban J connectivity index is 2.79. The van der Waals surface area contributed by atoms with E-state index >= 15 is 0 Å². The van der Waals surface area contributed by atoms with E-state index in [1.165, 1.54) is 9.86 Å². The van der Waals surface area contributed by atoms with Gasteiger partial charge in [0, 0.05) is 0 Å². The van der Waals surface area contributed by atoms with E-state index in [1.807, 2.05) is 0 Å². The summed E-state index contributed by atoms with van der Waals surface area (Å²) in [5.74, 6) is 0. The number of allylic oxidation sites excluding steroid dienone is 4. The second-order valence-electron chi connectivity index (χ2n) is 1.74. The van der Waals surface area contributed by atoms with E-state index in [-0.39, 0.29) is 0 Å². The predicted molar refractivity (Wildman–Crippen MR) is 26.5 cm³/mol. The first-order valence-electron chi connectivity index (χ1n) is 2.36. The third-order valence-electron chi connectivity index (χ3n) is 1.13. The summed E-state index contributed by atoms with van der Waals surface area (Å²) < 4.78 is 1.45. The maximum atomic E-state index is 2.59. The predicted octanol–water partition coefficient (Wildman–Crippen LogP) is 1.77. The summed E-state index contributed by atoms with van der Waals surface area (Å²) in [5, 5.41) is 0. The van der Waals surface area contributed by atoms with Gasteiger partial charge < -0.3 is 0 Å². The maximum absolute atomic E-state index is 2.59. The van der Waals surface area contributed by atoms with Crippen molar-refractivity contribution < 1.29 is 17.4 Å². The SMILES string of the molecule is CC1=[C]([V])CC=C1. The van der Waals surface area contributed by atoms with Crippen LogP contribution in [0.15, 0.2) is 22.0 Å². The van der Waals surface area contributed by atoms with Crippen molar-refractivity contribution in [3.8, 4) is 0 Å². The van der Waals surface area contributed by atoms with Crippen molar-refractivity contribution in [1.82, 2.24) is 0 Å². The molecule has 0 aromatic rings. The summed E-state index contributed by atoms with van der Waals surface area (Å²) in [7, 11) is 0. The van der Waals surface area contributed by atoms with Gasteiger partial charge in [-0.2, -0.15) is 0 Å². The van der Waals surface area contributed by atoms with Crippen LogP contribution in [0, 0.1) is 0 Å². The van der Waals surface area contributed by atoms with Crippen molar-refractivity contribution in [1.29, 1.82) is 0 Å². The molecular formula is C6H7V. The van der Waals surface area contributed by atoms with E-state index in [1.54, 1.807) is 0 Å². The molecular weight excluding hydrogens is 123 g/mol. The number of hydrogen-bond acceptors (Lipinski definition) is 0. The van der Waals surface area contributed by atoms with Crippen molar-refractivity contribution in [2.24, 2.45) is 0 Å². The molecule has 0 aliphatic heterocycles. The van der Waals surface area contributed by atoms with E-state index in [0.717, 1.165) is 6.42 Å². The molecule has 0 bridgehead atoms. The normalized spacial score (nSPS) is 19.0. The van der Waals surface area contributed by atoms with E-state index in [2.05, 4.69) is 36.5 Å². The van der Waals surface area contributed by atoms with Crippen LogP contribution in [0.25, 0.3) is 0 Å². The summed E-state index contributed by atoms with van der Waals surface area (Å²) in [5.41, 5.74) is 1.42. The van der Waals surface area contributed by atoms with Crippen molar-refractivity contribution in [2.45, 2.75) is 13.3 Å². The molecule has 0 atom stereocenters. The molecule has 1 rings (SSSR count). The zero-order valence-corrected chi connectivity index (χ0v) is 5.71. The molecule has 0 radical (unpaired) electrons. The van der Waals surface area contributed by atoms with Gasteiger partial charge in [0.05, 0.1) is 0 Å². The standard InChI is InChI=1S/C6H7.V/c1-6-4-2-3-5-6;/h2,4H,3H2,1H3;. The van der Waals surface area contributed by atoms with Gasteiger partial charge in [-0.15, -0.1) is 0 Å². The number of hydrogen-bond donors (Lipinski definition) is 0. The topological polar surface area (TPSA) is 0 Å². The third kappa shape index (κ3) is 0.989. The van der Waals surface area contributed by atoms with Crippen LogP contribution in [0.1, 0.15) is 13.3 Å². The van der Waals surface area contributed by atoms with Gasteiger partial charge in [-0.1, -0.05) is 0 Å². The van der Waals surface area contributed by atoms with Gasteiger partial charge in [0.15, 0.2) is 0 Å². The second kappa shape index (κ2) is 1.89. The van der Waals surface area contributed by atoms with E-state index < -0.39 is 0 Å². The first kappa shape index (κ1) is 5.21. The van der Waals surface area contributed by atoms with Crippen LogP contribution >= 0.6 is 0 Å². The van der Waals surface area contributed by atoms with Crippen LogP contribution in [0.4, 0.5) is 0 Å². The molecule has 0 spiro atoms. The summed E-state index contributed by atoms with van der Waals surface area (Å²) >= 11 is 2.59. The van der Waals surface area contributed by atoms with Crippen LogP contribution in [-0.2, 0) is 17.4 Å². The molecule has 0 saturated carbocycles. The molecule has 0 amide bonds. The fraction of sp³-hybridized carbons (Fsp3) is 0.333. The average Bonchev–Trinajstić information content (AvgIpc) is 1.91. The van der Waals surface area contributed by atoms with Gasteiger partial charge in [-0.25, -0.2) is 0 Å². The Morgan fingerprint density at radius 2 is 2.43 bits per heavy atom. The molecule has 0 aromatic heterocycles. The molecule has 0 heterocycles. The van der Waals surface area contributed by atoms with E-state index in [0.29, 0.717) is 0 Å². The van der Waals surface area contributed by atoms with E-state index in [4.69, 9.17) is 0 Å². The van der Waals surface area contributed by atoms with Gasteiger partial charge in [0.2, 0.25) is 0 Å². The fourth-order valence-electron chi connectivity index (χ4n) is 0.605. The molecule has 7 heavy (non-hydrogen) atoms. The van der Waals surface area contributed by atoms with Crippen molar-refractivity contribution >= 4 is 0 Å². The first-order chi connectivity index (χ1) is 3.30. The molecule has 1 aliphatic carbocycles. The minimum atomic E-state index is 1.14. The van der Waals surface area contributed by atoms with Crippen LogP contribution in [0.2, 0.25) is 0 Å². The quantitative estimate of drug-likeness (QED) is 0.468. The van der Waals surface area contributed by atoms with Crippen LogP contribution in [0.5, 0.6) is 0 Å². The van der Waals surface area contributed by atoms with Crippen LogP contribution < -0.4 is 0 Å². The minimum absolute atomic E-state index is 1.14. The zero-order chi connectivity index (χ0) is 5.28. The van der Waals surface area contributed by atoms with Crippen LogP contribution in [-0.4, -0.2) is 0 Å². The van der Waals surface area contributed by atoms with Gasteiger partial charge >= 0.3 is 52.8 Å². The zero-order valence-electron chi connectivity index (χ0n) is 4.31. The van der Waals surface area contributed by atoms with Crippen molar-refractivity contribution in [3.63, 3.8) is 0 Å². The van der Waals surface area contributed by atoms with Crippen molar-refractivity contribution in [2.75, 3.05) is 0 Å². The van der Waals surface area contributed by atoms with Gasteiger partial charge in [-0.05, 0) is 0 Å². The molecule has 1 heteroatoms. The Morgan fingerprint density at radius 3 is 2.57 bits per heavy atom. The fourth-order valence-corrected chi connectivity index (χ4v) is 0.886. The summed E-state index contributed by atoms with van der Waals surface area (Å²) in [4.78, 5) is 0. The molecule has 0 nitrogen and oxygen atoms in total. The van der Waals surface area contributed by atoms with Gasteiger partial charge in [0.25, 0.3) is 0 Å². The third-order valence-corrected chi connectivity index (χ3v) is 1.97. The van der Waals surface area contributed by atoms with Crippen LogP contribution in [0.3, 0.4) is 0 Å². The molecule has 0 aromatic carbocycles. The molecule has 0 saturated heterocycles. The Morgan fingerprint density at radius 1 is 1.71 bits per heavy atom. The molecule has 0 unspecified atom stereocenters. The molecule has 36 valence electrons. The van der Waals surface area contributed by atoms with Crippen molar-refractivity contribution in [3.05, 3.63) is 22.0 Å². The molecule has 0 N–H and O–H groups in total. The Labute approximate surface area is 53.3 Å². The van der Waals surface area contributed by atoms with Gasteiger partial charge in [-0.3, -0.25) is 0 Å². The molecule has 0 fully saturated rings. The Hall–Kier alpha value is 0.0644. The Kier molecular flexibility index (Phi) is 1.41. The second-order valence-corrected chi connectivity index (χ2v) is 2.58. The molecule has 1 aliphatic rings. The van der Waals surface area contributed by atoms with Gasteiger partial charge in [0.1, 0.15) is 0 Å².